The Bertz CT molecular complexity index is 200. The van der Waals surface area contributed by atoms with Crippen molar-refractivity contribution in [2.24, 2.45) is 11.8 Å². The van der Waals surface area contributed by atoms with Crippen molar-refractivity contribution in [3.05, 3.63) is 0 Å². The van der Waals surface area contributed by atoms with Crippen molar-refractivity contribution < 1.29 is 14.3 Å². The van der Waals surface area contributed by atoms with Gasteiger partial charge in [-0.2, -0.15) is 0 Å². The molecule has 2 fully saturated rings. The number of cyclic esters (lactones) is 2. The molecule has 2 atom stereocenters. The lowest BCUT2D eigenvalue weighted by Crippen LogP contribution is -2.33. The SMILES string of the molecule is O=C1OC(=O)C2CCCCC1C2. The van der Waals surface area contributed by atoms with E-state index < -0.39 is 0 Å². The number of fused-ring (bicyclic) bond motifs is 2. The van der Waals surface area contributed by atoms with E-state index >= 15 is 0 Å². The summed E-state index contributed by atoms with van der Waals surface area (Å²) >= 11 is 0. The average molecular weight is 168 g/mol. The molecule has 2 unspecified atom stereocenters. The predicted octanol–water partition coefficient (Wildman–Crippen LogP) is 1.27. The molecular weight excluding hydrogens is 156 g/mol. The van der Waals surface area contributed by atoms with Gasteiger partial charge in [-0.1, -0.05) is 12.8 Å². The molecule has 12 heavy (non-hydrogen) atoms. The van der Waals surface area contributed by atoms with Crippen LogP contribution in [0.2, 0.25) is 0 Å². The maximum absolute atomic E-state index is 11.1. The monoisotopic (exact) mass is 168 g/mol. The van der Waals surface area contributed by atoms with Gasteiger partial charge >= 0.3 is 11.9 Å². The largest absolute Gasteiger partial charge is 0.393 e. The number of ether oxygens (including phenoxy) is 1. The van der Waals surface area contributed by atoms with Gasteiger partial charge in [0.25, 0.3) is 0 Å². The van der Waals surface area contributed by atoms with Crippen LogP contribution < -0.4 is 0 Å². The van der Waals surface area contributed by atoms with Gasteiger partial charge in [0.05, 0.1) is 11.8 Å². The van der Waals surface area contributed by atoms with Crippen LogP contribution in [0.4, 0.5) is 0 Å². The molecule has 1 heterocycles. The van der Waals surface area contributed by atoms with E-state index in [4.69, 9.17) is 0 Å². The van der Waals surface area contributed by atoms with Crippen LogP contribution in [0.5, 0.6) is 0 Å². The number of hydrogen-bond acceptors (Lipinski definition) is 3. The summed E-state index contributed by atoms with van der Waals surface area (Å²) in [5.41, 5.74) is 0. The Morgan fingerprint density at radius 3 is 2.00 bits per heavy atom. The zero-order valence-corrected chi connectivity index (χ0v) is 6.91. The molecule has 2 bridgehead atoms. The van der Waals surface area contributed by atoms with E-state index in [-0.39, 0.29) is 23.8 Å². The van der Waals surface area contributed by atoms with Crippen molar-refractivity contribution >= 4 is 11.9 Å². The predicted molar refractivity (Wildman–Crippen MR) is 41.2 cm³/mol. The van der Waals surface area contributed by atoms with Gasteiger partial charge in [-0.3, -0.25) is 9.59 Å². The summed E-state index contributed by atoms with van der Waals surface area (Å²) in [6.45, 7) is 0. The zero-order valence-electron chi connectivity index (χ0n) is 6.91. The van der Waals surface area contributed by atoms with Crippen molar-refractivity contribution in [1.82, 2.24) is 0 Å². The summed E-state index contributed by atoms with van der Waals surface area (Å²) in [5.74, 6) is -0.568. The Kier molecular flexibility index (Phi) is 1.87. The van der Waals surface area contributed by atoms with E-state index in [1.165, 1.54) is 0 Å². The second-order valence-corrected chi connectivity index (χ2v) is 3.65. The molecule has 0 radical (unpaired) electrons. The molecule has 1 saturated carbocycles. The second kappa shape index (κ2) is 2.88. The Hall–Kier alpha value is -0.860. The summed E-state index contributed by atoms with van der Waals surface area (Å²) < 4.78 is 4.66. The van der Waals surface area contributed by atoms with Crippen molar-refractivity contribution in [2.45, 2.75) is 32.1 Å². The van der Waals surface area contributed by atoms with E-state index in [1.807, 2.05) is 0 Å². The van der Waals surface area contributed by atoms with Crippen molar-refractivity contribution in [3.8, 4) is 0 Å². The first-order valence-corrected chi connectivity index (χ1v) is 4.53. The molecule has 66 valence electrons. The highest BCUT2D eigenvalue weighted by Crippen LogP contribution is 2.33. The third-order valence-corrected chi connectivity index (χ3v) is 2.79. The number of carbonyl (C=O) groups excluding carboxylic acids is 2. The molecule has 1 aliphatic heterocycles. The topological polar surface area (TPSA) is 43.4 Å². The summed E-state index contributed by atoms with van der Waals surface area (Å²) in [7, 11) is 0. The first-order chi connectivity index (χ1) is 5.77. The molecular formula is C9H12O3. The van der Waals surface area contributed by atoms with Crippen LogP contribution in [0.3, 0.4) is 0 Å². The molecule has 3 nitrogen and oxygen atoms in total. The highest BCUT2D eigenvalue weighted by Gasteiger charge is 2.37. The van der Waals surface area contributed by atoms with Crippen molar-refractivity contribution in [2.75, 3.05) is 0 Å². The fourth-order valence-corrected chi connectivity index (χ4v) is 2.05. The lowest BCUT2D eigenvalue weighted by Gasteiger charge is -2.22. The lowest BCUT2D eigenvalue weighted by atomic mass is 9.91. The van der Waals surface area contributed by atoms with E-state index in [1.54, 1.807) is 0 Å². The molecule has 0 N–H and O–H groups in total. The van der Waals surface area contributed by atoms with Crippen LogP contribution in [-0.4, -0.2) is 11.9 Å². The summed E-state index contributed by atoms with van der Waals surface area (Å²) in [5, 5.41) is 0. The molecule has 2 aliphatic rings. The van der Waals surface area contributed by atoms with Crippen LogP contribution in [0, 0.1) is 11.8 Å². The molecule has 3 heteroatoms. The number of hydrogen-bond donors (Lipinski definition) is 0. The maximum Gasteiger partial charge on any atom is 0.316 e. The highest BCUT2D eigenvalue weighted by atomic mass is 16.6. The van der Waals surface area contributed by atoms with Gasteiger partial charge in [0.1, 0.15) is 0 Å². The molecule has 1 saturated heterocycles. The van der Waals surface area contributed by atoms with Crippen LogP contribution in [0.25, 0.3) is 0 Å². The van der Waals surface area contributed by atoms with E-state index in [0.717, 1.165) is 32.1 Å². The summed E-state index contributed by atoms with van der Waals surface area (Å²) in [6.07, 6.45) is 4.66. The van der Waals surface area contributed by atoms with Crippen LogP contribution in [0.1, 0.15) is 32.1 Å². The third kappa shape index (κ3) is 1.24. The Morgan fingerprint density at radius 1 is 1.00 bits per heavy atom. The molecule has 0 aromatic carbocycles. The first-order valence-electron chi connectivity index (χ1n) is 4.53. The van der Waals surface area contributed by atoms with E-state index in [9.17, 15) is 9.59 Å². The Balaban J connectivity index is 2.16. The number of carbonyl (C=O) groups is 2. The smallest absolute Gasteiger partial charge is 0.316 e. The molecule has 0 aromatic rings. The molecule has 2 rings (SSSR count). The standard InChI is InChI=1S/C9H12O3/c10-8-6-3-1-2-4-7(5-6)9(11)12-8/h6-7H,1-5H2. The van der Waals surface area contributed by atoms with Crippen molar-refractivity contribution in [1.29, 1.82) is 0 Å². The number of esters is 2. The Morgan fingerprint density at radius 2 is 1.50 bits per heavy atom. The van der Waals surface area contributed by atoms with Gasteiger partial charge in [0, 0.05) is 0 Å². The van der Waals surface area contributed by atoms with E-state index in [0.29, 0.717) is 0 Å². The molecule has 0 aromatic heterocycles. The molecule has 0 amide bonds. The van der Waals surface area contributed by atoms with Gasteiger partial charge < -0.3 is 4.74 Å². The summed E-state index contributed by atoms with van der Waals surface area (Å²) in [4.78, 5) is 22.2. The van der Waals surface area contributed by atoms with Crippen molar-refractivity contribution in [3.63, 3.8) is 0 Å². The minimum Gasteiger partial charge on any atom is -0.393 e. The quantitative estimate of drug-likeness (QED) is 0.404. The van der Waals surface area contributed by atoms with Crippen LogP contribution in [0.15, 0.2) is 0 Å². The lowest BCUT2D eigenvalue weighted by molar-refractivity contribution is -0.171. The Labute approximate surface area is 71.1 Å². The number of rotatable bonds is 0. The van der Waals surface area contributed by atoms with E-state index in [2.05, 4.69) is 4.74 Å². The van der Waals surface area contributed by atoms with Crippen LogP contribution >= 0.6 is 0 Å². The first kappa shape index (κ1) is 7.77. The minimum atomic E-state index is -0.293. The highest BCUT2D eigenvalue weighted by molar-refractivity contribution is 5.90. The normalized spacial score (nSPS) is 35.7. The second-order valence-electron chi connectivity index (χ2n) is 3.65. The molecule has 0 spiro atoms. The van der Waals surface area contributed by atoms with Gasteiger partial charge in [-0.15, -0.1) is 0 Å². The van der Waals surface area contributed by atoms with Gasteiger partial charge in [0.15, 0.2) is 0 Å². The van der Waals surface area contributed by atoms with Gasteiger partial charge in [-0.05, 0) is 19.3 Å². The average Bonchev–Trinajstić information content (AvgIpc) is 2.24. The third-order valence-electron chi connectivity index (χ3n) is 2.79. The van der Waals surface area contributed by atoms with Crippen LogP contribution in [-0.2, 0) is 14.3 Å². The van der Waals surface area contributed by atoms with Gasteiger partial charge in [-0.25, -0.2) is 0 Å². The summed E-state index contributed by atoms with van der Waals surface area (Å²) in [6, 6.07) is 0. The minimum absolute atomic E-state index is 0.00944. The zero-order chi connectivity index (χ0) is 8.55. The molecule has 1 aliphatic carbocycles. The fourth-order valence-electron chi connectivity index (χ4n) is 2.05. The maximum atomic E-state index is 11.1. The fraction of sp³-hybridized carbons (Fsp3) is 0.778. The van der Waals surface area contributed by atoms with Gasteiger partial charge in [0.2, 0.25) is 0 Å².